The number of rotatable bonds is 6. The minimum atomic E-state index is 0. The number of benzene rings is 1. The molecule has 0 bridgehead atoms. The van der Waals surface area contributed by atoms with Gasteiger partial charge in [-0.1, -0.05) is 35.3 Å². The fourth-order valence-electron chi connectivity index (χ4n) is 1.93. The molecule has 0 fully saturated rings. The first-order chi connectivity index (χ1) is 11.5. The van der Waals surface area contributed by atoms with E-state index < -0.39 is 0 Å². The molecule has 0 spiro atoms. The summed E-state index contributed by atoms with van der Waals surface area (Å²) in [4.78, 5) is 4.54. The highest BCUT2D eigenvalue weighted by Gasteiger charge is 2.06. The standard InChI is InChI=1S/C16H20Cl2N6.HI/c1-4-7-19-16(21-10-15-23-22-11(2)24(15)3)20-9-12-5-6-13(17)8-14(12)18;/h4-6,8H,1,7,9-10H2,2-3H3,(H2,19,20,21);1H. The van der Waals surface area contributed by atoms with Crippen LogP contribution >= 0.6 is 47.2 Å². The van der Waals surface area contributed by atoms with Crippen LogP contribution in [-0.4, -0.2) is 27.3 Å². The van der Waals surface area contributed by atoms with Crippen LogP contribution in [0, 0.1) is 6.92 Å². The van der Waals surface area contributed by atoms with Gasteiger partial charge in [-0.3, -0.25) is 0 Å². The second kappa shape index (κ2) is 10.6. The van der Waals surface area contributed by atoms with E-state index in [1.807, 2.05) is 24.6 Å². The molecule has 2 aromatic rings. The topological polar surface area (TPSA) is 67.1 Å². The molecule has 1 aromatic heterocycles. The van der Waals surface area contributed by atoms with Gasteiger partial charge >= 0.3 is 0 Å². The highest BCUT2D eigenvalue weighted by molar-refractivity contribution is 14.0. The lowest BCUT2D eigenvalue weighted by molar-refractivity contribution is 0.721. The lowest BCUT2D eigenvalue weighted by atomic mass is 10.2. The van der Waals surface area contributed by atoms with Crippen molar-refractivity contribution in [2.45, 2.75) is 20.0 Å². The third-order valence-electron chi connectivity index (χ3n) is 3.43. The van der Waals surface area contributed by atoms with E-state index in [1.54, 1.807) is 18.2 Å². The van der Waals surface area contributed by atoms with E-state index in [0.717, 1.165) is 17.2 Å². The molecule has 0 radical (unpaired) electrons. The van der Waals surface area contributed by atoms with Gasteiger partial charge in [0.2, 0.25) is 0 Å². The first-order valence-electron chi connectivity index (χ1n) is 7.43. The minimum Gasteiger partial charge on any atom is -0.353 e. The van der Waals surface area contributed by atoms with E-state index >= 15 is 0 Å². The summed E-state index contributed by atoms with van der Waals surface area (Å²) in [6, 6.07) is 5.37. The zero-order chi connectivity index (χ0) is 17.5. The van der Waals surface area contributed by atoms with Gasteiger partial charge in [-0.15, -0.1) is 40.8 Å². The molecule has 0 saturated heterocycles. The predicted octanol–water partition coefficient (Wildman–Crippen LogP) is 3.47. The molecule has 2 N–H and O–H groups in total. The molecular weight excluding hydrogens is 474 g/mol. The Morgan fingerprint density at radius 2 is 2.08 bits per heavy atom. The van der Waals surface area contributed by atoms with Crippen molar-refractivity contribution in [2.24, 2.45) is 12.0 Å². The van der Waals surface area contributed by atoms with Crippen LogP contribution < -0.4 is 10.6 Å². The average Bonchev–Trinajstić information content (AvgIpc) is 2.87. The van der Waals surface area contributed by atoms with Gasteiger partial charge < -0.3 is 15.2 Å². The molecule has 1 heterocycles. The molecule has 0 aliphatic rings. The third-order valence-corrected chi connectivity index (χ3v) is 4.02. The zero-order valence-corrected chi connectivity index (χ0v) is 17.9. The van der Waals surface area contributed by atoms with Crippen molar-refractivity contribution in [1.29, 1.82) is 0 Å². The molecule has 25 heavy (non-hydrogen) atoms. The number of aryl methyl sites for hydroxylation is 1. The van der Waals surface area contributed by atoms with Gasteiger partial charge in [0.1, 0.15) is 5.82 Å². The minimum absolute atomic E-state index is 0. The second-order valence-electron chi connectivity index (χ2n) is 5.15. The fourth-order valence-corrected chi connectivity index (χ4v) is 2.39. The van der Waals surface area contributed by atoms with Gasteiger partial charge in [0.25, 0.3) is 0 Å². The molecule has 0 amide bonds. The molecule has 9 heteroatoms. The molecule has 0 aliphatic heterocycles. The van der Waals surface area contributed by atoms with Crippen molar-refractivity contribution in [3.63, 3.8) is 0 Å². The van der Waals surface area contributed by atoms with E-state index in [9.17, 15) is 0 Å². The normalized spacial score (nSPS) is 11.0. The van der Waals surface area contributed by atoms with Crippen molar-refractivity contribution in [3.8, 4) is 0 Å². The zero-order valence-electron chi connectivity index (χ0n) is 14.1. The van der Waals surface area contributed by atoms with Crippen molar-refractivity contribution in [2.75, 3.05) is 6.54 Å². The number of hydrogen-bond donors (Lipinski definition) is 2. The first kappa shape index (κ1) is 21.7. The van der Waals surface area contributed by atoms with Gasteiger partial charge in [-0.25, -0.2) is 4.99 Å². The highest BCUT2D eigenvalue weighted by Crippen LogP contribution is 2.21. The number of nitrogens with zero attached hydrogens (tertiary/aromatic N) is 4. The maximum atomic E-state index is 6.18. The Morgan fingerprint density at radius 1 is 1.32 bits per heavy atom. The van der Waals surface area contributed by atoms with Gasteiger partial charge in [-0.05, 0) is 24.6 Å². The Balaban J connectivity index is 0.00000312. The molecule has 0 aliphatic carbocycles. The summed E-state index contributed by atoms with van der Waals surface area (Å²) in [5.41, 5.74) is 0.898. The van der Waals surface area contributed by atoms with Crippen LogP contribution in [0.15, 0.2) is 35.8 Å². The van der Waals surface area contributed by atoms with Crippen LogP contribution in [0.2, 0.25) is 10.0 Å². The molecule has 0 unspecified atom stereocenters. The molecule has 6 nitrogen and oxygen atoms in total. The summed E-state index contributed by atoms with van der Waals surface area (Å²) in [6.45, 7) is 7.14. The van der Waals surface area contributed by atoms with E-state index in [1.165, 1.54) is 0 Å². The van der Waals surface area contributed by atoms with Gasteiger partial charge in [0.05, 0.1) is 13.1 Å². The molecule has 136 valence electrons. The number of hydrogen-bond acceptors (Lipinski definition) is 3. The monoisotopic (exact) mass is 494 g/mol. The Bertz CT molecular complexity index is 744. The van der Waals surface area contributed by atoms with E-state index in [2.05, 4.69) is 32.4 Å². The summed E-state index contributed by atoms with van der Waals surface area (Å²) in [7, 11) is 1.92. The summed E-state index contributed by atoms with van der Waals surface area (Å²) in [5.74, 6) is 2.32. The lowest BCUT2D eigenvalue weighted by Gasteiger charge is -2.11. The Labute approximate surface area is 174 Å². The van der Waals surface area contributed by atoms with Gasteiger partial charge in [0.15, 0.2) is 11.8 Å². The Hall–Kier alpha value is -1.32. The summed E-state index contributed by atoms with van der Waals surface area (Å²) < 4.78 is 1.92. The van der Waals surface area contributed by atoms with Crippen LogP contribution in [0.5, 0.6) is 0 Å². The third kappa shape index (κ3) is 6.48. The van der Waals surface area contributed by atoms with Crippen LogP contribution in [0.4, 0.5) is 0 Å². The predicted molar refractivity (Wildman–Crippen MR) is 114 cm³/mol. The largest absolute Gasteiger partial charge is 0.353 e. The Kier molecular flexibility index (Phi) is 9.23. The fraction of sp³-hybridized carbons (Fsp3) is 0.312. The SMILES string of the molecule is C=CCNC(=NCc1ccc(Cl)cc1Cl)NCc1nnc(C)n1C.I. The van der Waals surface area contributed by atoms with Crippen molar-refractivity contribution >= 4 is 53.1 Å². The first-order valence-corrected chi connectivity index (χ1v) is 8.18. The van der Waals surface area contributed by atoms with Crippen LogP contribution in [-0.2, 0) is 20.1 Å². The number of aliphatic imine (C=N–C) groups is 1. The molecule has 1 aromatic carbocycles. The summed E-state index contributed by atoms with van der Waals surface area (Å²) >= 11 is 12.1. The van der Waals surface area contributed by atoms with Crippen LogP contribution in [0.25, 0.3) is 0 Å². The van der Waals surface area contributed by atoms with E-state index in [0.29, 0.717) is 35.6 Å². The van der Waals surface area contributed by atoms with E-state index in [-0.39, 0.29) is 24.0 Å². The smallest absolute Gasteiger partial charge is 0.192 e. The highest BCUT2D eigenvalue weighted by atomic mass is 127. The molecule has 2 rings (SSSR count). The number of nitrogens with one attached hydrogen (secondary N) is 2. The van der Waals surface area contributed by atoms with Crippen molar-refractivity contribution < 1.29 is 0 Å². The second-order valence-corrected chi connectivity index (χ2v) is 5.99. The molecule has 0 saturated carbocycles. The van der Waals surface area contributed by atoms with E-state index in [4.69, 9.17) is 23.2 Å². The molecular formula is C16H21Cl2IN6. The quantitative estimate of drug-likeness (QED) is 0.279. The van der Waals surface area contributed by atoms with Crippen LogP contribution in [0.3, 0.4) is 0 Å². The number of guanidine groups is 1. The van der Waals surface area contributed by atoms with Gasteiger partial charge in [-0.2, -0.15) is 0 Å². The van der Waals surface area contributed by atoms with Gasteiger partial charge in [0, 0.05) is 23.6 Å². The average molecular weight is 495 g/mol. The maximum Gasteiger partial charge on any atom is 0.192 e. The summed E-state index contributed by atoms with van der Waals surface area (Å²) in [6.07, 6.45) is 1.76. The maximum absolute atomic E-state index is 6.18. The number of aromatic nitrogens is 3. The summed E-state index contributed by atoms with van der Waals surface area (Å²) in [5, 5.41) is 15.7. The van der Waals surface area contributed by atoms with Crippen molar-refractivity contribution in [1.82, 2.24) is 25.4 Å². The molecule has 0 atom stereocenters. The van der Waals surface area contributed by atoms with Crippen molar-refractivity contribution in [3.05, 3.63) is 58.1 Å². The Morgan fingerprint density at radius 3 is 2.68 bits per heavy atom. The number of halogens is 3. The lowest BCUT2D eigenvalue weighted by Crippen LogP contribution is -2.37. The van der Waals surface area contributed by atoms with Crippen LogP contribution in [0.1, 0.15) is 17.2 Å².